The molecule has 1 aliphatic carbocycles. The normalized spacial score (nSPS) is 16.7. The van der Waals surface area contributed by atoms with Gasteiger partial charge >= 0.3 is 0 Å². The van der Waals surface area contributed by atoms with E-state index < -0.39 is 15.6 Å². The average molecular weight is 321 g/mol. The fraction of sp³-hybridized carbons (Fsp3) is 0.467. The predicted molar refractivity (Wildman–Crippen MR) is 82.7 cm³/mol. The van der Waals surface area contributed by atoms with E-state index >= 15 is 0 Å². The van der Waals surface area contributed by atoms with E-state index in [1.807, 2.05) is 0 Å². The Morgan fingerprint density at radius 2 is 1.77 bits per heavy atom. The van der Waals surface area contributed by atoms with Gasteiger partial charge in [0.2, 0.25) is 15.9 Å². The van der Waals surface area contributed by atoms with E-state index in [1.54, 1.807) is 19.2 Å². The lowest BCUT2D eigenvalue weighted by molar-refractivity contribution is -0.116. The van der Waals surface area contributed by atoms with Crippen LogP contribution in [0.15, 0.2) is 29.2 Å². The van der Waals surface area contributed by atoms with Crippen molar-refractivity contribution in [3.8, 4) is 6.07 Å². The van der Waals surface area contributed by atoms with Gasteiger partial charge in [-0.2, -0.15) is 9.57 Å². The van der Waals surface area contributed by atoms with Crippen molar-refractivity contribution in [3.63, 3.8) is 0 Å². The van der Waals surface area contributed by atoms with Crippen LogP contribution in [0, 0.1) is 11.3 Å². The van der Waals surface area contributed by atoms with Crippen molar-refractivity contribution in [2.45, 2.75) is 36.6 Å². The molecule has 0 aliphatic heterocycles. The van der Waals surface area contributed by atoms with Crippen molar-refractivity contribution in [1.29, 1.82) is 5.26 Å². The van der Waals surface area contributed by atoms with Crippen LogP contribution in [0.25, 0.3) is 0 Å². The van der Waals surface area contributed by atoms with Crippen molar-refractivity contribution >= 4 is 21.6 Å². The third-order valence-corrected chi connectivity index (χ3v) is 6.28. The molecule has 1 fully saturated rings. The molecule has 1 aliphatic rings. The van der Waals surface area contributed by atoms with E-state index in [1.165, 1.54) is 35.3 Å². The van der Waals surface area contributed by atoms with Gasteiger partial charge in [-0.3, -0.25) is 4.79 Å². The van der Waals surface area contributed by atoms with Crippen LogP contribution in [0.3, 0.4) is 0 Å². The molecule has 0 radical (unpaired) electrons. The zero-order valence-corrected chi connectivity index (χ0v) is 13.7. The lowest BCUT2D eigenvalue weighted by Gasteiger charge is -2.41. The summed E-state index contributed by atoms with van der Waals surface area (Å²) >= 11 is 0. The minimum atomic E-state index is -3.72. The molecule has 0 bridgehead atoms. The molecule has 0 heterocycles. The first-order valence-electron chi connectivity index (χ1n) is 6.99. The first-order chi connectivity index (χ1) is 10.2. The molecule has 1 aromatic carbocycles. The SMILES string of the molecule is CC(=O)N(C)c1ccc(S(=O)(=O)N(C)C2(C#N)CCC2)cc1. The number of nitrogens with zero attached hydrogens (tertiary/aromatic N) is 3. The maximum atomic E-state index is 12.6. The van der Waals surface area contributed by atoms with Crippen LogP contribution in [0.4, 0.5) is 5.69 Å². The summed E-state index contributed by atoms with van der Waals surface area (Å²) in [4.78, 5) is 12.9. The highest BCUT2D eigenvalue weighted by Crippen LogP contribution is 2.39. The van der Waals surface area contributed by atoms with Gasteiger partial charge in [-0.1, -0.05) is 0 Å². The summed E-state index contributed by atoms with van der Waals surface area (Å²) in [5.41, 5.74) is -0.305. The summed E-state index contributed by atoms with van der Waals surface area (Å²) < 4.78 is 26.5. The monoisotopic (exact) mass is 321 g/mol. The Balaban J connectivity index is 2.31. The van der Waals surface area contributed by atoms with Crippen LogP contribution < -0.4 is 4.90 Å². The van der Waals surface area contributed by atoms with Gasteiger partial charge in [-0.05, 0) is 43.5 Å². The van der Waals surface area contributed by atoms with Gasteiger partial charge < -0.3 is 4.90 Å². The third kappa shape index (κ3) is 2.60. The number of benzene rings is 1. The third-order valence-electron chi connectivity index (χ3n) is 4.35. The molecular formula is C15H19N3O3S. The van der Waals surface area contributed by atoms with Crippen LogP contribution in [0.5, 0.6) is 0 Å². The number of carbonyl (C=O) groups excluding carboxylic acids is 1. The molecule has 0 unspecified atom stereocenters. The maximum Gasteiger partial charge on any atom is 0.244 e. The van der Waals surface area contributed by atoms with Crippen LogP contribution in [0.1, 0.15) is 26.2 Å². The minimum absolute atomic E-state index is 0.122. The second kappa shape index (κ2) is 5.71. The molecule has 1 saturated carbocycles. The Morgan fingerprint density at radius 1 is 1.23 bits per heavy atom. The molecule has 7 heteroatoms. The van der Waals surface area contributed by atoms with Gasteiger partial charge in [0.25, 0.3) is 0 Å². The van der Waals surface area contributed by atoms with E-state index in [-0.39, 0.29) is 10.8 Å². The quantitative estimate of drug-likeness (QED) is 0.846. The number of anilines is 1. The van der Waals surface area contributed by atoms with Gasteiger partial charge in [0.1, 0.15) is 5.54 Å². The van der Waals surface area contributed by atoms with Gasteiger partial charge in [-0.15, -0.1) is 0 Å². The Morgan fingerprint density at radius 3 is 2.14 bits per heavy atom. The molecule has 2 rings (SSSR count). The summed E-state index contributed by atoms with van der Waals surface area (Å²) in [7, 11) is -0.651. The van der Waals surface area contributed by atoms with Crippen molar-refractivity contribution in [2.75, 3.05) is 19.0 Å². The zero-order chi connectivity index (χ0) is 16.5. The molecule has 22 heavy (non-hydrogen) atoms. The highest BCUT2D eigenvalue weighted by atomic mass is 32.2. The average Bonchev–Trinajstić information content (AvgIpc) is 2.45. The predicted octanol–water partition coefficient (Wildman–Crippen LogP) is 1.74. The molecule has 0 aromatic heterocycles. The van der Waals surface area contributed by atoms with E-state index in [0.29, 0.717) is 18.5 Å². The second-order valence-corrected chi connectivity index (χ2v) is 7.51. The molecule has 0 atom stereocenters. The number of amides is 1. The Labute approximate surface area is 131 Å². The number of rotatable bonds is 4. The summed E-state index contributed by atoms with van der Waals surface area (Å²) in [6, 6.07) is 8.22. The number of nitriles is 1. The minimum Gasteiger partial charge on any atom is -0.316 e. The highest BCUT2D eigenvalue weighted by molar-refractivity contribution is 7.89. The smallest absolute Gasteiger partial charge is 0.244 e. The molecule has 6 nitrogen and oxygen atoms in total. The van der Waals surface area contributed by atoms with Gasteiger partial charge in [-0.25, -0.2) is 8.42 Å². The number of hydrogen-bond acceptors (Lipinski definition) is 4. The lowest BCUT2D eigenvalue weighted by Crippen LogP contribution is -2.53. The lowest BCUT2D eigenvalue weighted by atomic mass is 9.78. The van der Waals surface area contributed by atoms with Crippen molar-refractivity contribution in [1.82, 2.24) is 4.31 Å². The summed E-state index contributed by atoms with van der Waals surface area (Å²) in [6.07, 6.45) is 1.98. The fourth-order valence-electron chi connectivity index (χ4n) is 2.42. The van der Waals surface area contributed by atoms with E-state index in [4.69, 9.17) is 0 Å². The zero-order valence-electron chi connectivity index (χ0n) is 12.9. The second-order valence-electron chi connectivity index (χ2n) is 5.54. The first-order valence-corrected chi connectivity index (χ1v) is 8.43. The molecular weight excluding hydrogens is 302 g/mol. The van der Waals surface area contributed by atoms with Crippen LogP contribution in [-0.2, 0) is 14.8 Å². The molecule has 1 aromatic rings. The summed E-state index contributed by atoms with van der Waals surface area (Å²) in [6.45, 7) is 1.44. The van der Waals surface area contributed by atoms with E-state index in [0.717, 1.165) is 6.42 Å². The van der Waals surface area contributed by atoms with Gasteiger partial charge in [0, 0.05) is 26.7 Å². The van der Waals surface area contributed by atoms with E-state index in [2.05, 4.69) is 6.07 Å². The summed E-state index contributed by atoms with van der Waals surface area (Å²) in [5, 5.41) is 9.29. The Kier molecular flexibility index (Phi) is 4.27. The fourth-order valence-corrected chi connectivity index (χ4v) is 3.90. The number of carbonyl (C=O) groups is 1. The van der Waals surface area contributed by atoms with Crippen molar-refractivity contribution in [2.24, 2.45) is 0 Å². The Bertz CT molecular complexity index is 715. The van der Waals surface area contributed by atoms with Gasteiger partial charge in [0.05, 0.1) is 11.0 Å². The van der Waals surface area contributed by atoms with Crippen LogP contribution >= 0.6 is 0 Å². The number of hydrogen-bond donors (Lipinski definition) is 0. The molecule has 0 saturated heterocycles. The van der Waals surface area contributed by atoms with E-state index in [9.17, 15) is 18.5 Å². The highest BCUT2D eigenvalue weighted by Gasteiger charge is 2.46. The molecule has 0 spiro atoms. The number of sulfonamides is 1. The van der Waals surface area contributed by atoms with Crippen molar-refractivity contribution in [3.05, 3.63) is 24.3 Å². The van der Waals surface area contributed by atoms with Gasteiger partial charge in [0.15, 0.2) is 0 Å². The molecule has 0 N–H and O–H groups in total. The molecule has 1 amide bonds. The summed E-state index contributed by atoms with van der Waals surface area (Å²) in [5.74, 6) is -0.134. The topological polar surface area (TPSA) is 81.5 Å². The Hall–Kier alpha value is -1.91. The largest absolute Gasteiger partial charge is 0.316 e. The van der Waals surface area contributed by atoms with Crippen LogP contribution in [0.2, 0.25) is 0 Å². The maximum absolute atomic E-state index is 12.6. The standard InChI is InChI=1S/C15H19N3O3S/c1-12(19)17(2)13-5-7-14(8-6-13)22(20,21)18(3)15(11-16)9-4-10-15/h5-8H,4,9-10H2,1-3H3. The molecule has 118 valence electrons. The van der Waals surface area contributed by atoms with Crippen LogP contribution in [-0.4, -0.2) is 38.3 Å². The van der Waals surface area contributed by atoms with Crippen molar-refractivity contribution < 1.29 is 13.2 Å². The first kappa shape index (κ1) is 16.5.